The molecule has 0 spiro atoms. The highest BCUT2D eigenvalue weighted by Crippen LogP contribution is 2.38. The van der Waals surface area contributed by atoms with Crippen molar-refractivity contribution < 1.29 is 0 Å². The van der Waals surface area contributed by atoms with Crippen molar-refractivity contribution in [3.8, 4) is 6.07 Å². The molecule has 1 N–H and O–H groups in total. The third kappa shape index (κ3) is 3.77. The Morgan fingerprint density at radius 3 is 2.92 bits per heavy atom. The topological polar surface area (TPSA) is 64.8 Å². The van der Waals surface area contributed by atoms with E-state index in [1.165, 1.54) is 12.8 Å². The highest BCUT2D eigenvalue weighted by molar-refractivity contribution is 9.10. The molecule has 1 aliphatic carbocycles. The summed E-state index contributed by atoms with van der Waals surface area (Å²) >= 11 is 3.44. The quantitative estimate of drug-likeness (QED) is 0.841. The lowest BCUT2D eigenvalue weighted by Gasteiger charge is -2.35. The maximum atomic E-state index is 9.43. The molecule has 2 aromatic rings. The molecule has 2 heterocycles. The van der Waals surface area contributed by atoms with Crippen LogP contribution < -0.4 is 10.2 Å². The summed E-state index contributed by atoms with van der Waals surface area (Å²) in [5.74, 6) is 2.45. The summed E-state index contributed by atoms with van der Waals surface area (Å²) < 4.78 is 0.938. The number of hydrogen-bond donors (Lipinski definition) is 1. The minimum absolute atomic E-state index is 0.325. The number of nitrogens with zero attached hydrogens (tertiary/aromatic N) is 4. The average molecular weight is 398 g/mol. The number of aromatic nitrogens is 2. The molecule has 1 saturated heterocycles. The highest BCUT2D eigenvalue weighted by Gasteiger charge is 2.27. The molecule has 0 radical (unpaired) electrons. The van der Waals surface area contributed by atoms with Gasteiger partial charge in [-0.3, -0.25) is 0 Å². The maximum absolute atomic E-state index is 9.43. The average Bonchev–Trinajstić information content (AvgIpc) is 3.47. The third-order valence-electron chi connectivity index (χ3n) is 4.81. The van der Waals surface area contributed by atoms with Gasteiger partial charge in [0.25, 0.3) is 0 Å². The molecule has 1 unspecified atom stereocenters. The van der Waals surface area contributed by atoms with E-state index >= 15 is 0 Å². The fourth-order valence-corrected chi connectivity index (χ4v) is 3.75. The second kappa shape index (κ2) is 7.01. The molecule has 6 heteroatoms. The van der Waals surface area contributed by atoms with Crippen molar-refractivity contribution in [1.82, 2.24) is 9.97 Å². The lowest BCUT2D eigenvalue weighted by atomic mass is 10.0. The molecule has 0 amide bonds. The van der Waals surface area contributed by atoms with Crippen molar-refractivity contribution in [3.63, 3.8) is 0 Å². The number of nitriles is 1. The van der Waals surface area contributed by atoms with Gasteiger partial charge < -0.3 is 10.2 Å². The smallest absolute Gasteiger partial charge is 0.133 e. The summed E-state index contributed by atoms with van der Waals surface area (Å²) in [5.41, 5.74) is 1.73. The van der Waals surface area contributed by atoms with Gasteiger partial charge >= 0.3 is 0 Å². The number of anilines is 2. The van der Waals surface area contributed by atoms with Crippen molar-refractivity contribution in [3.05, 3.63) is 46.3 Å². The molecule has 2 aliphatic rings. The van der Waals surface area contributed by atoms with Gasteiger partial charge in [0.15, 0.2) is 0 Å². The molecular formula is C19H20BrN5. The third-order valence-corrected chi connectivity index (χ3v) is 5.30. The standard InChI is InChI=1S/C19H20BrN5/c20-15-5-6-17(14(10-15)11-21)25-9-1-2-16(12-25)23-18-7-8-22-19(24-18)13-3-4-13/h5-8,10,13,16H,1-4,9,12H2,(H,22,23,24). The van der Waals surface area contributed by atoms with Crippen LogP contribution in [0, 0.1) is 11.3 Å². The Labute approximate surface area is 156 Å². The second-order valence-electron chi connectivity index (χ2n) is 6.78. The fourth-order valence-electron chi connectivity index (χ4n) is 3.39. The van der Waals surface area contributed by atoms with Crippen LogP contribution in [0.3, 0.4) is 0 Å². The minimum Gasteiger partial charge on any atom is -0.368 e. The molecule has 1 aromatic carbocycles. The van der Waals surface area contributed by atoms with Crippen molar-refractivity contribution in [1.29, 1.82) is 5.26 Å². The van der Waals surface area contributed by atoms with E-state index in [-0.39, 0.29) is 0 Å². The minimum atomic E-state index is 0.325. The van der Waals surface area contributed by atoms with Crippen molar-refractivity contribution in [2.75, 3.05) is 23.3 Å². The number of piperidine rings is 1. The first-order valence-corrected chi connectivity index (χ1v) is 9.56. The van der Waals surface area contributed by atoms with E-state index in [1.54, 1.807) is 0 Å². The normalized spacial score (nSPS) is 20.2. The molecule has 1 saturated carbocycles. The van der Waals surface area contributed by atoms with Crippen molar-refractivity contribution >= 4 is 27.4 Å². The predicted molar refractivity (Wildman–Crippen MR) is 102 cm³/mol. The molecule has 1 aromatic heterocycles. The van der Waals surface area contributed by atoms with E-state index in [0.29, 0.717) is 17.5 Å². The number of nitrogens with one attached hydrogen (secondary N) is 1. The molecule has 0 bridgehead atoms. The van der Waals surface area contributed by atoms with Gasteiger partial charge in [-0.05, 0) is 49.9 Å². The van der Waals surface area contributed by atoms with E-state index in [4.69, 9.17) is 0 Å². The molecule has 1 atom stereocenters. The fraction of sp³-hybridized carbons (Fsp3) is 0.421. The van der Waals surface area contributed by atoms with Crippen LogP contribution in [0.5, 0.6) is 0 Å². The molecular weight excluding hydrogens is 378 g/mol. The Morgan fingerprint density at radius 1 is 1.24 bits per heavy atom. The zero-order chi connectivity index (χ0) is 17.2. The molecule has 128 valence electrons. The van der Waals surface area contributed by atoms with E-state index in [2.05, 4.69) is 42.2 Å². The Balaban J connectivity index is 1.48. The van der Waals surface area contributed by atoms with E-state index in [1.807, 2.05) is 30.5 Å². The monoisotopic (exact) mass is 397 g/mol. The summed E-state index contributed by atoms with van der Waals surface area (Å²) in [6.07, 6.45) is 6.48. The number of benzene rings is 1. The lowest BCUT2D eigenvalue weighted by molar-refractivity contribution is 0.528. The zero-order valence-corrected chi connectivity index (χ0v) is 15.5. The van der Waals surface area contributed by atoms with Crippen LogP contribution in [-0.2, 0) is 0 Å². The van der Waals surface area contributed by atoms with Crippen LogP contribution >= 0.6 is 15.9 Å². The van der Waals surface area contributed by atoms with E-state index in [9.17, 15) is 5.26 Å². The first-order chi connectivity index (χ1) is 12.2. The van der Waals surface area contributed by atoms with Crippen LogP contribution in [-0.4, -0.2) is 29.1 Å². The first kappa shape index (κ1) is 16.3. The number of halogens is 1. The summed E-state index contributed by atoms with van der Waals surface area (Å²) in [5, 5.41) is 13.0. The Kier molecular flexibility index (Phi) is 4.58. The van der Waals surface area contributed by atoms with Crippen molar-refractivity contribution in [2.45, 2.75) is 37.6 Å². The van der Waals surface area contributed by atoms with Gasteiger partial charge in [0.2, 0.25) is 0 Å². The molecule has 5 nitrogen and oxygen atoms in total. The predicted octanol–water partition coefficient (Wildman–Crippen LogP) is 4.07. The van der Waals surface area contributed by atoms with E-state index < -0.39 is 0 Å². The van der Waals surface area contributed by atoms with Crippen molar-refractivity contribution in [2.24, 2.45) is 0 Å². The summed E-state index contributed by atoms with van der Waals surface area (Å²) in [6.45, 7) is 1.85. The molecule has 1 aliphatic heterocycles. The summed E-state index contributed by atoms with van der Waals surface area (Å²) in [6, 6.07) is 10.5. The Bertz CT molecular complexity index is 812. The Hall–Kier alpha value is -2.13. The van der Waals surface area contributed by atoms with Crippen LogP contribution in [0.15, 0.2) is 34.9 Å². The van der Waals surface area contributed by atoms with Gasteiger partial charge in [-0.15, -0.1) is 0 Å². The van der Waals surface area contributed by atoms with Crippen LogP contribution in [0.1, 0.15) is 43.0 Å². The van der Waals surface area contributed by atoms with Crippen LogP contribution in [0.2, 0.25) is 0 Å². The SMILES string of the molecule is N#Cc1cc(Br)ccc1N1CCCC(Nc2ccnc(C3CC3)n2)C1. The van der Waals surface area contributed by atoms with Gasteiger partial charge in [-0.25, -0.2) is 9.97 Å². The molecule has 2 fully saturated rings. The van der Waals surface area contributed by atoms with Gasteiger partial charge in [0.05, 0.1) is 11.3 Å². The van der Waals surface area contributed by atoms with Gasteiger partial charge in [-0.1, -0.05) is 15.9 Å². The first-order valence-electron chi connectivity index (χ1n) is 8.77. The number of hydrogen-bond acceptors (Lipinski definition) is 5. The highest BCUT2D eigenvalue weighted by atomic mass is 79.9. The lowest BCUT2D eigenvalue weighted by Crippen LogP contribution is -2.42. The van der Waals surface area contributed by atoms with Gasteiger partial charge in [0, 0.05) is 35.7 Å². The van der Waals surface area contributed by atoms with Gasteiger partial charge in [-0.2, -0.15) is 5.26 Å². The van der Waals surface area contributed by atoms with Gasteiger partial charge in [0.1, 0.15) is 17.7 Å². The van der Waals surface area contributed by atoms with E-state index in [0.717, 1.165) is 47.7 Å². The second-order valence-corrected chi connectivity index (χ2v) is 7.69. The maximum Gasteiger partial charge on any atom is 0.133 e. The Morgan fingerprint density at radius 2 is 2.12 bits per heavy atom. The molecule has 4 rings (SSSR count). The summed E-state index contributed by atoms with van der Waals surface area (Å²) in [4.78, 5) is 11.4. The summed E-state index contributed by atoms with van der Waals surface area (Å²) in [7, 11) is 0. The van der Waals surface area contributed by atoms with Crippen LogP contribution in [0.4, 0.5) is 11.5 Å². The number of rotatable bonds is 4. The largest absolute Gasteiger partial charge is 0.368 e. The zero-order valence-electron chi connectivity index (χ0n) is 14.0. The molecule has 25 heavy (non-hydrogen) atoms. The van der Waals surface area contributed by atoms with Crippen LogP contribution in [0.25, 0.3) is 0 Å².